The standard InChI is InChI=1S/C15H22FNO/c1-10(2)8-17-9-14(12(4)18)13-6-5-11(3)15(16)7-13/h5-7,10,14,17H,8-9H2,1-4H3/t14-/m0/s1. The summed E-state index contributed by atoms with van der Waals surface area (Å²) in [6, 6.07) is 5.03. The molecule has 0 aliphatic carbocycles. The first-order chi connectivity index (χ1) is 8.41. The van der Waals surface area contributed by atoms with Crippen LogP contribution in [0.1, 0.15) is 37.8 Å². The van der Waals surface area contributed by atoms with E-state index in [0.717, 1.165) is 12.1 Å². The second-order valence-corrected chi connectivity index (χ2v) is 5.22. The third kappa shape index (κ3) is 4.22. The molecule has 1 aromatic carbocycles. The van der Waals surface area contributed by atoms with Crippen LogP contribution in [0, 0.1) is 18.7 Å². The van der Waals surface area contributed by atoms with Crippen molar-refractivity contribution in [1.29, 1.82) is 0 Å². The van der Waals surface area contributed by atoms with E-state index in [2.05, 4.69) is 19.2 Å². The highest BCUT2D eigenvalue weighted by molar-refractivity contribution is 5.83. The number of carbonyl (C=O) groups excluding carboxylic acids is 1. The SMILES string of the molecule is CC(=O)[C@H](CNCC(C)C)c1ccc(C)c(F)c1. The quantitative estimate of drug-likeness (QED) is 0.842. The average molecular weight is 251 g/mol. The molecule has 3 heteroatoms. The number of aryl methyl sites for hydroxylation is 1. The third-order valence-electron chi connectivity index (χ3n) is 2.99. The molecule has 0 fully saturated rings. The third-order valence-corrected chi connectivity index (χ3v) is 2.99. The second kappa shape index (κ2) is 6.64. The van der Waals surface area contributed by atoms with Crippen molar-refractivity contribution in [1.82, 2.24) is 5.32 Å². The summed E-state index contributed by atoms with van der Waals surface area (Å²) in [5.74, 6) is 0.0864. The molecular weight excluding hydrogens is 229 g/mol. The summed E-state index contributed by atoms with van der Waals surface area (Å²) in [4.78, 5) is 11.7. The van der Waals surface area contributed by atoms with Gasteiger partial charge >= 0.3 is 0 Å². The predicted octanol–water partition coefficient (Wildman–Crippen LogP) is 3.05. The highest BCUT2D eigenvalue weighted by atomic mass is 19.1. The van der Waals surface area contributed by atoms with Crippen molar-refractivity contribution < 1.29 is 9.18 Å². The van der Waals surface area contributed by atoms with Gasteiger partial charge in [-0.3, -0.25) is 4.79 Å². The number of rotatable bonds is 6. The largest absolute Gasteiger partial charge is 0.315 e. The Bertz CT molecular complexity index is 415. The van der Waals surface area contributed by atoms with Gasteiger partial charge in [-0.2, -0.15) is 0 Å². The van der Waals surface area contributed by atoms with Gasteiger partial charge < -0.3 is 5.32 Å². The summed E-state index contributed by atoms with van der Waals surface area (Å²) < 4.78 is 13.5. The summed E-state index contributed by atoms with van der Waals surface area (Å²) in [5, 5.41) is 3.26. The Morgan fingerprint density at radius 3 is 2.50 bits per heavy atom. The van der Waals surface area contributed by atoms with Crippen molar-refractivity contribution in [2.24, 2.45) is 5.92 Å². The van der Waals surface area contributed by atoms with E-state index in [0.29, 0.717) is 18.0 Å². The van der Waals surface area contributed by atoms with Crippen LogP contribution in [0.15, 0.2) is 18.2 Å². The number of hydrogen-bond acceptors (Lipinski definition) is 2. The van der Waals surface area contributed by atoms with Crippen molar-refractivity contribution in [3.8, 4) is 0 Å². The summed E-state index contributed by atoms with van der Waals surface area (Å²) >= 11 is 0. The molecule has 0 heterocycles. The fourth-order valence-electron chi connectivity index (χ4n) is 1.84. The Morgan fingerprint density at radius 2 is 2.00 bits per heavy atom. The zero-order valence-electron chi connectivity index (χ0n) is 11.6. The molecule has 1 rings (SSSR count). The zero-order chi connectivity index (χ0) is 13.7. The van der Waals surface area contributed by atoms with Crippen LogP contribution in [-0.4, -0.2) is 18.9 Å². The first-order valence-corrected chi connectivity index (χ1v) is 6.39. The van der Waals surface area contributed by atoms with E-state index in [9.17, 15) is 9.18 Å². The Labute approximate surface area is 109 Å². The van der Waals surface area contributed by atoms with Gasteiger partial charge in [0, 0.05) is 6.54 Å². The van der Waals surface area contributed by atoms with Crippen molar-refractivity contribution in [3.05, 3.63) is 35.1 Å². The number of ketones is 1. The van der Waals surface area contributed by atoms with Gasteiger partial charge in [0.05, 0.1) is 5.92 Å². The van der Waals surface area contributed by atoms with Crippen molar-refractivity contribution in [3.63, 3.8) is 0 Å². The zero-order valence-corrected chi connectivity index (χ0v) is 11.6. The number of Topliss-reactive ketones (excluding diaryl/α,β-unsaturated/α-hetero) is 1. The molecule has 1 N–H and O–H groups in total. The molecule has 2 nitrogen and oxygen atoms in total. The van der Waals surface area contributed by atoms with Crippen LogP contribution >= 0.6 is 0 Å². The van der Waals surface area contributed by atoms with Crippen LogP contribution in [0.2, 0.25) is 0 Å². The fourth-order valence-corrected chi connectivity index (χ4v) is 1.84. The molecular formula is C15H22FNO. The van der Waals surface area contributed by atoms with E-state index in [1.165, 1.54) is 6.07 Å². The number of halogens is 1. The van der Waals surface area contributed by atoms with E-state index in [1.807, 2.05) is 6.07 Å². The van der Waals surface area contributed by atoms with Crippen molar-refractivity contribution in [2.45, 2.75) is 33.6 Å². The topological polar surface area (TPSA) is 29.1 Å². The molecule has 0 bridgehead atoms. The molecule has 0 spiro atoms. The predicted molar refractivity (Wildman–Crippen MR) is 72.3 cm³/mol. The molecule has 0 unspecified atom stereocenters. The van der Waals surface area contributed by atoms with Crippen LogP contribution < -0.4 is 5.32 Å². The Hall–Kier alpha value is -1.22. The van der Waals surface area contributed by atoms with Gasteiger partial charge in [-0.25, -0.2) is 4.39 Å². The molecule has 18 heavy (non-hydrogen) atoms. The van der Waals surface area contributed by atoms with Crippen molar-refractivity contribution in [2.75, 3.05) is 13.1 Å². The molecule has 0 saturated carbocycles. The van der Waals surface area contributed by atoms with E-state index in [-0.39, 0.29) is 17.5 Å². The van der Waals surface area contributed by atoms with E-state index < -0.39 is 0 Å². The van der Waals surface area contributed by atoms with Crippen LogP contribution in [0.5, 0.6) is 0 Å². The summed E-state index contributed by atoms with van der Waals surface area (Å²) in [7, 11) is 0. The maximum atomic E-state index is 13.5. The molecule has 0 aliphatic rings. The Kier molecular flexibility index (Phi) is 5.48. The number of benzene rings is 1. The number of nitrogens with one attached hydrogen (secondary N) is 1. The lowest BCUT2D eigenvalue weighted by Crippen LogP contribution is -2.28. The molecule has 0 aliphatic heterocycles. The van der Waals surface area contributed by atoms with Crippen LogP contribution in [-0.2, 0) is 4.79 Å². The van der Waals surface area contributed by atoms with E-state index in [4.69, 9.17) is 0 Å². The lowest BCUT2D eigenvalue weighted by molar-refractivity contribution is -0.118. The summed E-state index contributed by atoms with van der Waals surface area (Å²) in [6.07, 6.45) is 0. The first-order valence-electron chi connectivity index (χ1n) is 6.39. The lowest BCUT2D eigenvalue weighted by atomic mass is 9.94. The van der Waals surface area contributed by atoms with Gasteiger partial charge in [0.25, 0.3) is 0 Å². The minimum atomic E-state index is -0.265. The highest BCUT2D eigenvalue weighted by Gasteiger charge is 2.17. The maximum Gasteiger partial charge on any atom is 0.138 e. The first kappa shape index (κ1) is 14.8. The lowest BCUT2D eigenvalue weighted by Gasteiger charge is -2.16. The second-order valence-electron chi connectivity index (χ2n) is 5.22. The van der Waals surface area contributed by atoms with E-state index >= 15 is 0 Å². The maximum absolute atomic E-state index is 13.5. The fraction of sp³-hybridized carbons (Fsp3) is 0.533. The monoisotopic (exact) mass is 251 g/mol. The molecule has 0 saturated heterocycles. The Morgan fingerprint density at radius 1 is 1.33 bits per heavy atom. The Balaban J connectivity index is 2.78. The van der Waals surface area contributed by atoms with Gasteiger partial charge in [0.2, 0.25) is 0 Å². The van der Waals surface area contributed by atoms with Gasteiger partial charge in [0.15, 0.2) is 0 Å². The molecule has 0 amide bonds. The van der Waals surface area contributed by atoms with Crippen LogP contribution in [0.25, 0.3) is 0 Å². The van der Waals surface area contributed by atoms with Gasteiger partial charge in [-0.15, -0.1) is 0 Å². The molecule has 0 aromatic heterocycles. The smallest absolute Gasteiger partial charge is 0.138 e. The molecule has 100 valence electrons. The normalized spacial score (nSPS) is 12.8. The molecule has 1 aromatic rings. The van der Waals surface area contributed by atoms with Gasteiger partial charge in [-0.1, -0.05) is 26.0 Å². The van der Waals surface area contributed by atoms with Crippen LogP contribution in [0.4, 0.5) is 4.39 Å². The minimum absolute atomic E-state index is 0.0644. The molecule has 0 radical (unpaired) electrons. The number of hydrogen-bond donors (Lipinski definition) is 1. The summed E-state index contributed by atoms with van der Waals surface area (Å²) in [5.41, 5.74) is 1.36. The van der Waals surface area contributed by atoms with Crippen LogP contribution in [0.3, 0.4) is 0 Å². The van der Waals surface area contributed by atoms with Crippen molar-refractivity contribution >= 4 is 5.78 Å². The van der Waals surface area contributed by atoms with Gasteiger partial charge in [0.1, 0.15) is 11.6 Å². The molecule has 1 atom stereocenters. The van der Waals surface area contributed by atoms with E-state index in [1.54, 1.807) is 19.9 Å². The minimum Gasteiger partial charge on any atom is -0.315 e. The number of carbonyl (C=O) groups is 1. The van der Waals surface area contributed by atoms with Gasteiger partial charge in [-0.05, 0) is 43.5 Å². The highest BCUT2D eigenvalue weighted by Crippen LogP contribution is 2.19. The average Bonchev–Trinajstić information content (AvgIpc) is 2.27. The summed E-state index contributed by atoms with van der Waals surface area (Å²) in [6.45, 7) is 8.93.